The van der Waals surface area contributed by atoms with Gasteiger partial charge in [-0.25, -0.2) is 0 Å². The summed E-state index contributed by atoms with van der Waals surface area (Å²) in [5.74, 6) is 8.47. The van der Waals surface area contributed by atoms with Gasteiger partial charge in [0.2, 0.25) is 0 Å². The molecule has 0 heterocycles. The zero-order valence-electron chi connectivity index (χ0n) is 13.4. The second-order valence-corrected chi connectivity index (χ2v) is 6.43. The maximum atomic E-state index is 8.85. The van der Waals surface area contributed by atoms with Crippen LogP contribution >= 0.6 is 0 Å². The van der Waals surface area contributed by atoms with E-state index >= 15 is 0 Å². The van der Waals surface area contributed by atoms with E-state index in [0.717, 1.165) is 36.0 Å². The summed E-state index contributed by atoms with van der Waals surface area (Å²) < 4.78 is 6.25. The first-order valence-corrected chi connectivity index (χ1v) is 7.95. The van der Waals surface area contributed by atoms with Gasteiger partial charge >= 0.3 is 0 Å². The fraction of sp³-hybridized carbons (Fsp3) is 0.579. The summed E-state index contributed by atoms with van der Waals surface area (Å²) in [5.41, 5.74) is 2.12. The van der Waals surface area contributed by atoms with Crippen molar-refractivity contribution in [1.29, 1.82) is 0 Å². The number of ether oxygens (including phenoxy) is 1. The molecule has 0 saturated heterocycles. The Kier molecular flexibility index (Phi) is 5.70. The van der Waals surface area contributed by atoms with E-state index < -0.39 is 0 Å². The third-order valence-electron chi connectivity index (χ3n) is 4.02. The molecule has 0 spiro atoms. The molecule has 1 saturated carbocycles. The Morgan fingerprint density at radius 1 is 1.19 bits per heavy atom. The second-order valence-electron chi connectivity index (χ2n) is 6.43. The number of benzene rings is 1. The Labute approximate surface area is 128 Å². The molecule has 0 aromatic heterocycles. The Bertz CT molecular complexity index is 514. The van der Waals surface area contributed by atoms with Gasteiger partial charge in [0.1, 0.15) is 5.75 Å². The zero-order chi connectivity index (χ0) is 15.2. The van der Waals surface area contributed by atoms with E-state index in [-0.39, 0.29) is 6.61 Å². The highest BCUT2D eigenvalue weighted by atomic mass is 16.5. The smallest absolute Gasteiger partial charge is 0.135 e. The molecule has 1 fully saturated rings. The lowest BCUT2D eigenvalue weighted by atomic mass is 9.82. The van der Waals surface area contributed by atoms with Crippen LogP contribution in [0.15, 0.2) is 18.2 Å². The van der Waals surface area contributed by atoms with Crippen molar-refractivity contribution in [2.45, 2.75) is 52.6 Å². The Balaban J connectivity index is 2.14. The maximum absolute atomic E-state index is 8.85. The van der Waals surface area contributed by atoms with Crippen molar-refractivity contribution in [1.82, 2.24) is 0 Å². The molecule has 114 valence electrons. The highest BCUT2D eigenvalue weighted by molar-refractivity contribution is 5.48. The molecule has 0 aliphatic heterocycles. The van der Waals surface area contributed by atoms with E-state index in [4.69, 9.17) is 9.84 Å². The van der Waals surface area contributed by atoms with Gasteiger partial charge in [-0.2, -0.15) is 0 Å². The highest BCUT2D eigenvalue weighted by Crippen LogP contribution is 2.32. The summed E-state index contributed by atoms with van der Waals surface area (Å²) in [5, 5.41) is 8.85. The van der Waals surface area contributed by atoms with E-state index in [1.807, 2.05) is 6.07 Å². The van der Waals surface area contributed by atoms with Gasteiger partial charge in [-0.15, -0.1) is 0 Å². The third-order valence-corrected chi connectivity index (χ3v) is 4.02. The lowest BCUT2D eigenvalue weighted by Crippen LogP contribution is -2.28. The van der Waals surface area contributed by atoms with Crippen LogP contribution in [0, 0.1) is 30.6 Å². The van der Waals surface area contributed by atoms with Gasteiger partial charge in [0.05, 0.1) is 18.3 Å². The molecule has 1 aliphatic rings. The molecule has 2 rings (SSSR count). The van der Waals surface area contributed by atoms with Gasteiger partial charge in [0, 0.05) is 6.42 Å². The van der Waals surface area contributed by atoms with Crippen LogP contribution in [-0.2, 0) is 0 Å². The zero-order valence-corrected chi connectivity index (χ0v) is 13.4. The van der Waals surface area contributed by atoms with Crippen LogP contribution in [-0.4, -0.2) is 17.8 Å². The number of hydrogen-bond donors (Lipinski definition) is 1. The van der Waals surface area contributed by atoms with Crippen LogP contribution in [0.4, 0.5) is 0 Å². The van der Waals surface area contributed by atoms with E-state index in [1.165, 1.54) is 12.0 Å². The average Bonchev–Trinajstić information content (AvgIpc) is 2.41. The monoisotopic (exact) mass is 286 g/mol. The topological polar surface area (TPSA) is 29.5 Å². The summed E-state index contributed by atoms with van der Waals surface area (Å²) in [7, 11) is 0. The van der Waals surface area contributed by atoms with Crippen LogP contribution < -0.4 is 4.74 Å². The molecule has 1 N–H and O–H groups in total. The molecule has 2 unspecified atom stereocenters. The molecule has 0 radical (unpaired) electrons. The standard InChI is InChI=1S/C19H26O2/c1-14-7-8-19(17(11-14)6-4-5-9-20)21-18-12-15(2)10-16(3)13-18/h7-8,11,15-16,18,20H,5,9-10,12-13H2,1-3H3. The molecular formula is C19H26O2. The van der Waals surface area contributed by atoms with Crippen molar-refractivity contribution in [2.24, 2.45) is 11.8 Å². The Morgan fingerprint density at radius 2 is 1.90 bits per heavy atom. The third kappa shape index (κ3) is 4.79. The number of rotatable bonds is 3. The van der Waals surface area contributed by atoms with E-state index in [1.54, 1.807) is 0 Å². The minimum Gasteiger partial charge on any atom is -0.489 e. The number of aliphatic hydroxyl groups excluding tert-OH is 1. The van der Waals surface area contributed by atoms with Crippen molar-refractivity contribution in [3.05, 3.63) is 29.3 Å². The van der Waals surface area contributed by atoms with Gasteiger partial charge in [-0.05, 0) is 55.7 Å². The first kappa shape index (κ1) is 15.9. The van der Waals surface area contributed by atoms with Crippen molar-refractivity contribution in [2.75, 3.05) is 6.61 Å². The maximum Gasteiger partial charge on any atom is 0.135 e. The number of aliphatic hydroxyl groups is 1. The van der Waals surface area contributed by atoms with Crippen LogP contribution in [0.25, 0.3) is 0 Å². The molecule has 1 aliphatic carbocycles. The lowest BCUT2D eigenvalue weighted by Gasteiger charge is -2.32. The van der Waals surface area contributed by atoms with Crippen LogP contribution in [0.5, 0.6) is 5.75 Å². The minimum atomic E-state index is 0.104. The second kappa shape index (κ2) is 7.52. The van der Waals surface area contributed by atoms with Gasteiger partial charge in [0.25, 0.3) is 0 Å². The molecule has 21 heavy (non-hydrogen) atoms. The van der Waals surface area contributed by atoms with Crippen molar-refractivity contribution >= 4 is 0 Å². The van der Waals surface area contributed by atoms with Crippen molar-refractivity contribution in [3.8, 4) is 17.6 Å². The van der Waals surface area contributed by atoms with E-state index in [2.05, 4.69) is 44.7 Å². The predicted molar refractivity (Wildman–Crippen MR) is 86.4 cm³/mol. The molecule has 2 nitrogen and oxygen atoms in total. The first-order chi connectivity index (χ1) is 10.1. The quantitative estimate of drug-likeness (QED) is 0.853. The largest absolute Gasteiger partial charge is 0.489 e. The van der Waals surface area contributed by atoms with Crippen LogP contribution in [0.1, 0.15) is 50.7 Å². The van der Waals surface area contributed by atoms with Gasteiger partial charge < -0.3 is 9.84 Å². The normalized spacial score (nSPS) is 25.0. The van der Waals surface area contributed by atoms with Gasteiger partial charge in [0.15, 0.2) is 0 Å². The fourth-order valence-corrected chi connectivity index (χ4v) is 3.21. The average molecular weight is 286 g/mol. The summed E-state index contributed by atoms with van der Waals surface area (Å²) >= 11 is 0. The number of aryl methyl sites for hydroxylation is 1. The molecule has 1 aromatic carbocycles. The SMILES string of the molecule is Cc1ccc(OC2CC(C)CC(C)C2)c(C#CCCO)c1. The van der Waals surface area contributed by atoms with Crippen LogP contribution in [0.3, 0.4) is 0 Å². The Morgan fingerprint density at radius 3 is 2.57 bits per heavy atom. The highest BCUT2D eigenvalue weighted by Gasteiger charge is 2.25. The molecule has 2 atom stereocenters. The molecule has 0 amide bonds. The van der Waals surface area contributed by atoms with E-state index in [9.17, 15) is 0 Å². The van der Waals surface area contributed by atoms with Gasteiger partial charge in [-0.1, -0.05) is 31.8 Å². The molecule has 0 bridgehead atoms. The van der Waals surface area contributed by atoms with Crippen molar-refractivity contribution < 1.29 is 9.84 Å². The Hall–Kier alpha value is -1.46. The van der Waals surface area contributed by atoms with Crippen LogP contribution in [0.2, 0.25) is 0 Å². The summed E-state index contributed by atoms with van der Waals surface area (Å²) in [4.78, 5) is 0. The number of hydrogen-bond acceptors (Lipinski definition) is 2. The minimum absolute atomic E-state index is 0.104. The van der Waals surface area contributed by atoms with E-state index in [0.29, 0.717) is 12.5 Å². The lowest BCUT2D eigenvalue weighted by molar-refractivity contribution is 0.101. The summed E-state index contributed by atoms with van der Waals surface area (Å²) in [6, 6.07) is 6.17. The van der Waals surface area contributed by atoms with Gasteiger partial charge in [-0.3, -0.25) is 0 Å². The fourth-order valence-electron chi connectivity index (χ4n) is 3.21. The predicted octanol–water partition coefficient (Wildman–Crippen LogP) is 3.93. The molecule has 1 aromatic rings. The molecular weight excluding hydrogens is 260 g/mol. The summed E-state index contributed by atoms with van der Waals surface area (Å²) in [6.45, 7) is 6.78. The summed E-state index contributed by atoms with van der Waals surface area (Å²) in [6.07, 6.45) is 4.36. The van der Waals surface area contributed by atoms with Crippen molar-refractivity contribution in [3.63, 3.8) is 0 Å². The molecule has 2 heteroatoms. The first-order valence-electron chi connectivity index (χ1n) is 7.95.